The van der Waals surface area contributed by atoms with E-state index in [-0.39, 0.29) is 6.54 Å². The van der Waals surface area contributed by atoms with Crippen LogP contribution >= 0.6 is 0 Å². The summed E-state index contributed by atoms with van der Waals surface area (Å²) in [6.07, 6.45) is -1.59. The van der Waals surface area contributed by atoms with E-state index in [1.54, 1.807) is 7.05 Å². The van der Waals surface area contributed by atoms with Crippen molar-refractivity contribution in [2.24, 2.45) is 7.05 Å². The van der Waals surface area contributed by atoms with Crippen molar-refractivity contribution in [2.75, 3.05) is 5.73 Å². The molecule has 0 saturated carbocycles. The zero-order valence-electron chi connectivity index (χ0n) is 7.50. The monoisotopic (exact) mass is 204 g/mol. The van der Waals surface area contributed by atoms with Crippen molar-refractivity contribution in [1.82, 2.24) is 15.1 Å². The van der Waals surface area contributed by atoms with Crippen molar-refractivity contribution in [3.63, 3.8) is 0 Å². The van der Waals surface area contributed by atoms with E-state index in [1.807, 2.05) is 5.32 Å². The van der Waals surface area contributed by atoms with Gasteiger partial charge in [0.1, 0.15) is 5.82 Å². The number of nitrogens with one attached hydrogen (secondary N) is 1. The van der Waals surface area contributed by atoms with Crippen molar-refractivity contribution in [3.8, 4) is 0 Å². The number of hydrogen-bond acceptors (Lipinski definition) is 3. The van der Waals surface area contributed by atoms with Crippen LogP contribution in [0.25, 0.3) is 0 Å². The van der Waals surface area contributed by atoms with E-state index < -0.39 is 12.3 Å². The molecule has 14 heavy (non-hydrogen) atoms. The quantitative estimate of drug-likeness (QED) is 0.721. The molecule has 1 heterocycles. The summed E-state index contributed by atoms with van der Waals surface area (Å²) in [7, 11) is 1.62. The minimum absolute atomic E-state index is 0.0388. The molecule has 78 valence electrons. The van der Waals surface area contributed by atoms with Gasteiger partial charge >= 0.3 is 6.43 Å². The Kier molecular flexibility index (Phi) is 3.00. The van der Waals surface area contributed by atoms with E-state index in [1.165, 1.54) is 10.9 Å². The average molecular weight is 204 g/mol. The summed E-state index contributed by atoms with van der Waals surface area (Å²) < 4.78 is 24.9. The molecule has 0 saturated heterocycles. The van der Waals surface area contributed by atoms with E-state index in [4.69, 9.17) is 5.73 Å². The van der Waals surface area contributed by atoms with Gasteiger partial charge in [-0.1, -0.05) is 0 Å². The number of nitrogens with two attached hydrogens (primary N) is 1. The lowest BCUT2D eigenvalue weighted by Crippen LogP contribution is -2.29. The van der Waals surface area contributed by atoms with Crippen LogP contribution in [0.15, 0.2) is 6.20 Å². The maximum Gasteiger partial charge on any atom is 0.315 e. The lowest BCUT2D eigenvalue weighted by molar-refractivity contribution is -0.131. The molecule has 0 aliphatic carbocycles. The minimum Gasteiger partial charge on any atom is -0.384 e. The van der Waals surface area contributed by atoms with Gasteiger partial charge in [0.25, 0.3) is 5.91 Å². The summed E-state index contributed by atoms with van der Waals surface area (Å²) in [6.45, 7) is -0.0388. The van der Waals surface area contributed by atoms with Crippen LogP contribution in [0, 0.1) is 0 Å². The topological polar surface area (TPSA) is 72.9 Å². The molecule has 0 aliphatic rings. The highest BCUT2D eigenvalue weighted by molar-refractivity contribution is 5.79. The SMILES string of the molecule is Cn1ncc(CNC(=O)C(F)F)c1N. The number of nitrogens with zero attached hydrogens (tertiary/aromatic N) is 2. The van der Waals surface area contributed by atoms with E-state index in [2.05, 4.69) is 5.10 Å². The fraction of sp³-hybridized carbons (Fsp3) is 0.429. The van der Waals surface area contributed by atoms with Crippen LogP contribution in [-0.2, 0) is 18.4 Å². The van der Waals surface area contributed by atoms with Gasteiger partial charge in [-0.2, -0.15) is 13.9 Å². The summed E-state index contributed by atoms with van der Waals surface area (Å²) in [5.74, 6) is -0.965. The molecule has 0 spiro atoms. The molecular weight excluding hydrogens is 194 g/mol. The Balaban J connectivity index is 2.54. The average Bonchev–Trinajstić information content (AvgIpc) is 2.44. The van der Waals surface area contributed by atoms with Gasteiger partial charge in [0.15, 0.2) is 0 Å². The molecule has 1 aromatic rings. The highest BCUT2D eigenvalue weighted by Crippen LogP contribution is 2.08. The number of alkyl halides is 2. The number of halogens is 2. The highest BCUT2D eigenvalue weighted by Gasteiger charge is 2.15. The van der Waals surface area contributed by atoms with Crippen molar-refractivity contribution in [1.29, 1.82) is 0 Å². The second-order valence-corrected chi connectivity index (χ2v) is 2.70. The molecule has 1 aromatic heterocycles. The van der Waals surface area contributed by atoms with Gasteiger partial charge in [-0.25, -0.2) is 0 Å². The molecule has 0 aromatic carbocycles. The lowest BCUT2D eigenvalue weighted by atomic mass is 10.3. The first-order chi connectivity index (χ1) is 6.52. The fourth-order valence-corrected chi connectivity index (χ4v) is 0.888. The van der Waals surface area contributed by atoms with Crippen molar-refractivity contribution in [3.05, 3.63) is 11.8 Å². The lowest BCUT2D eigenvalue weighted by Gasteiger charge is -2.03. The molecule has 1 amide bonds. The first-order valence-corrected chi connectivity index (χ1v) is 3.84. The summed E-state index contributed by atoms with van der Waals surface area (Å²) in [5, 5.41) is 5.82. The molecule has 0 bridgehead atoms. The predicted octanol–water partition coefficient (Wildman–Crippen LogP) is -0.116. The van der Waals surface area contributed by atoms with Gasteiger partial charge in [-0.05, 0) is 0 Å². The smallest absolute Gasteiger partial charge is 0.315 e. The Bertz CT molecular complexity index is 336. The van der Waals surface area contributed by atoms with Crippen LogP contribution in [0.1, 0.15) is 5.56 Å². The third-order valence-electron chi connectivity index (χ3n) is 1.72. The van der Waals surface area contributed by atoms with Gasteiger partial charge in [0.05, 0.1) is 6.20 Å². The van der Waals surface area contributed by atoms with E-state index in [0.717, 1.165) is 0 Å². The number of anilines is 1. The largest absolute Gasteiger partial charge is 0.384 e. The van der Waals surface area contributed by atoms with Crippen LogP contribution in [0.2, 0.25) is 0 Å². The Morgan fingerprint density at radius 3 is 2.86 bits per heavy atom. The number of carbonyl (C=O) groups excluding carboxylic acids is 1. The van der Waals surface area contributed by atoms with Gasteiger partial charge in [0, 0.05) is 19.2 Å². The normalized spacial score (nSPS) is 10.6. The number of hydrogen-bond donors (Lipinski definition) is 2. The van der Waals surface area contributed by atoms with Gasteiger partial charge in [-0.15, -0.1) is 0 Å². The maximum atomic E-state index is 11.8. The van der Waals surface area contributed by atoms with Crippen molar-refractivity contribution in [2.45, 2.75) is 13.0 Å². The molecule has 5 nitrogen and oxygen atoms in total. The molecule has 0 radical (unpaired) electrons. The summed E-state index contributed by atoms with van der Waals surface area (Å²) in [5.41, 5.74) is 6.04. The number of amides is 1. The number of rotatable bonds is 3. The predicted molar refractivity (Wildman–Crippen MR) is 45.5 cm³/mol. The zero-order valence-corrected chi connectivity index (χ0v) is 7.50. The molecule has 0 atom stereocenters. The number of carbonyl (C=O) groups is 1. The minimum atomic E-state index is -3.01. The second-order valence-electron chi connectivity index (χ2n) is 2.70. The Morgan fingerprint density at radius 2 is 2.43 bits per heavy atom. The summed E-state index contributed by atoms with van der Waals surface area (Å²) >= 11 is 0. The van der Waals surface area contributed by atoms with Crippen molar-refractivity contribution < 1.29 is 13.6 Å². The Labute approximate surface area is 78.9 Å². The van der Waals surface area contributed by atoms with Crippen LogP contribution in [0.3, 0.4) is 0 Å². The van der Waals surface area contributed by atoms with Crippen LogP contribution in [0.5, 0.6) is 0 Å². The molecular formula is C7H10F2N4O. The van der Waals surface area contributed by atoms with Crippen molar-refractivity contribution >= 4 is 11.7 Å². The first kappa shape index (κ1) is 10.4. The third-order valence-corrected chi connectivity index (χ3v) is 1.72. The molecule has 1 rings (SSSR count). The van der Waals surface area contributed by atoms with Gasteiger partial charge in [-0.3, -0.25) is 9.48 Å². The van der Waals surface area contributed by atoms with E-state index in [9.17, 15) is 13.6 Å². The zero-order chi connectivity index (χ0) is 10.7. The van der Waals surface area contributed by atoms with Crippen LogP contribution in [-0.4, -0.2) is 22.1 Å². The summed E-state index contributed by atoms with van der Waals surface area (Å²) in [4.78, 5) is 10.5. The Hall–Kier alpha value is -1.66. The van der Waals surface area contributed by atoms with Crippen LogP contribution in [0.4, 0.5) is 14.6 Å². The molecule has 3 N–H and O–H groups in total. The third kappa shape index (κ3) is 2.18. The van der Waals surface area contributed by atoms with Crippen LogP contribution < -0.4 is 11.1 Å². The van der Waals surface area contributed by atoms with Gasteiger partial charge in [0.2, 0.25) is 0 Å². The maximum absolute atomic E-state index is 11.8. The fourth-order valence-electron chi connectivity index (χ4n) is 0.888. The molecule has 0 fully saturated rings. The molecule has 0 aliphatic heterocycles. The molecule has 0 unspecified atom stereocenters. The number of aromatic nitrogens is 2. The standard InChI is InChI=1S/C7H10F2N4O/c1-13-6(10)4(3-12-13)2-11-7(14)5(8)9/h3,5H,2,10H2,1H3,(H,11,14). The summed E-state index contributed by atoms with van der Waals surface area (Å²) in [6, 6.07) is 0. The van der Waals surface area contributed by atoms with Gasteiger partial charge < -0.3 is 11.1 Å². The van der Waals surface area contributed by atoms with E-state index in [0.29, 0.717) is 11.4 Å². The highest BCUT2D eigenvalue weighted by atomic mass is 19.3. The number of nitrogen functional groups attached to an aromatic ring is 1. The van der Waals surface area contributed by atoms with E-state index >= 15 is 0 Å². The Morgan fingerprint density at radius 1 is 1.79 bits per heavy atom. The number of aryl methyl sites for hydroxylation is 1. The molecule has 7 heteroatoms. The second kappa shape index (κ2) is 4.03. The first-order valence-electron chi connectivity index (χ1n) is 3.84.